The molecule has 2 aromatic rings. The molecule has 8 heteroatoms. The Morgan fingerprint density at radius 2 is 2.00 bits per heavy atom. The first-order valence-electron chi connectivity index (χ1n) is 9.53. The average Bonchev–Trinajstić information content (AvgIpc) is 3.27. The van der Waals surface area contributed by atoms with E-state index in [4.69, 9.17) is 9.15 Å². The van der Waals surface area contributed by atoms with Gasteiger partial charge in [-0.1, -0.05) is 0 Å². The molecule has 152 valence electrons. The van der Waals surface area contributed by atoms with Crippen LogP contribution in [0.1, 0.15) is 46.1 Å². The van der Waals surface area contributed by atoms with Crippen LogP contribution in [0.25, 0.3) is 0 Å². The third kappa shape index (κ3) is 5.43. The zero-order chi connectivity index (χ0) is 20.1. The van der Waals surface area contributed by atoms with Crippen LogP contribution in [-0.4, -0.2) is 55.1 Å². The maximum absolute atomic E-state index is 12.5. The smallest absolute Gasteiger partial charge is 0.291 e. The fourth-order valence-electron chi connectivity index (χ4n) is 3.40. The summed E-state index contributed by atoms with van der Waals surface area (Å²) in [6, 6.07) is 5.06. The Morgan fingerprint density at radius 3 is 2.68 bits per heavy atom. The third-order valence-corrected chi connectivity index (χ3v) is 5.69. The van der Waals surface area contributed by atoms with Gasteiger partial charge >= 0.3 is 0 Å². The second-order valence-corrected chi connectivity index (χ2v) is 8.23. The van der Waals surface area contributed by atoms with E-state index in [1.165, 1.54) is 17.6 Å². The largest absolute Gasteiger partial charge is 0.459 e. The summed E-state index contributed by atoms with van der Waals surface area (Å²) in [5.74, 6) is -0.194. The second-order valence-electron chi connectivity index (χ2n) is 7.18. The molecule has 2 N–H and O–H groups in total. The summed E-state index contributed by atoms with van der Waals surface area (Å²) in [6.07, 6.45) is 2.84. The predicted molar refractivity (Wildman–Crippen MR) is 109 cm³/mol. The first-order chi connectivity index (χ1) is 13.4. The highest BCUT2D eigenvalue weighted by Gasteiger charge is 2.21. The molecule has 2 unspecified atom stereocenters. The molecule has 2 amide bonds. The molecule has 0 aromatic carbocycles. The summed E-state index contributed by atoms with van der Waals surface area (Å²) >= 11 is 1.27. The van der Waals surface area contributed by atoms with Crippen molar-refractivity contribution in [3.05, 3.63) is 40.7 Å². The van der Waals surface area contributed by atoms with Crippen molar-refractivity contribution < 1.29 is 18.7 Å². The Kier molecular flexibility index (Phi) is 6.88. The number of hydrogen-bond donors (Lipinski definition) is 2. The molecule has 0 radical (unpaired) electrons. The van der Waals surface area contributed by atoms with Crippen molar-refractivity contribution in [2.24, 2.45) is 0 Å². The lowest BCUT2D eigenvalue weighted by atomic mass is 10.2. The maximum Gasteiger partial charge on any atom is 0.291 e. The second kappa shape index (κ2) is 9.36. The Hall–Kier alpha value is -2.16. The van der Waals surface area contributed by atoms with E-state index in [0.717, 1.165) is 31.6 Å². The van der Waals surface area contributed by atoms with Gasteiger partial charge in [-0.15, -0.1) is 11.3 Å². The molecule has 1 aliphatic heterocycles. The molecule has 1 saturated heterocycles. The van der Waals surface area contributed by atoms with Gasteiger partial charge in [-0.05, 0) is 51.0 Å². The summed E-state index contributed by atoms with van der Waals surface area (Å²) in [5, 5.41) is 6.37. The molecule has 0 saturated carbocycles. The van der Waals surface area contributed by atoms with Crippen LogP contribution in [0.2, 0.25) is 0 Å². The van der Waals surface area contributed by atoms with Crippen LogP contribution < -0.4 is 10.6 Å². The van der Waals surface area contributed by atoms with Crippen LogP contribution in [0.4, 0.5) is 5.00 Å². The van der Waals surface area contributed by atoms with Crippen LogP contribution in [0, 0.1) is 6.92 Å². The molecule has 0 aliphatic carbocycles. The van der Waals surface area contributed by atoms with Gasteiger partial charge in [-0.25, -0.2) is 0 Å². The van der Waals surface area contributed by atoms with E-state index < -0.39 is 0 Å². The van der Waals surface area contributed by atoms with Crippen LogP contribution in [0.5, 0.6) is 0 Å². The highest BCUT2D eigenvalue weighted by molar-refractivity contribution is 7.18. The molecule has 28 heavy (non-hydrogen) atoms. The minimum absolute atomic E-state index is 0.107. The minimum atomic E-state index is -0.327. The van der Waals surface area contributed by atoms with E-state index in [1.807, 2.05) is 6.92 Å². The number of nitrogens with one attached hydrogen (secondary N) is 2. The highest BCUT2D eigenvalue weighted by atomic mass is 32.1. The normalized spacial score (nSPS) is 20.1. The maximum atomic E-state index is 12.5. The lowest BCUT2D eigenvalue weighted by Crippen LogP contribution is -2.46. The van der Waals surface area contributed by atoms with Crippen molar-refractivity contribution in [3.63, 3.8) is 0 Å². The number of aryl methyl sites for hydroxylation is 1. The molecule has 2 aromatic heterocycles. The van der Waals surface area contributed by atoms with Gasteiger partial charge in [0, 0.05) is 26.2 Å². The van der Waals surface area contributed by atoms with Crippen molar-refractivity contribution in [1.29, 1.82) is 0 Å². The SMILES string of the molecule is Cc1cc(NC(=O)c2ccco2)sc1C(=O)NCCCN1CC(C)OC(C)C1. The number of carbonyl (C=O) groups is 2. The highest BCUT2D eigenvalue weighted by Crippen LogP contribution is 2.27. The molecule has 3 rings (SSSR count). The lowest BCUT2D eigenvalue weighted by Gasteiger charge is -2.35. The average molecular weight is 406 g/mol. The topological polar surface area (TPSA) is 83.8 Å². The molecule has 0 bridgehead atoms. The number of morpholine rings is 1. The predicted octanol–water partition coefficient (Wildman–Crippen LogP) is 3.13. The zero-order valence-electron chi connectivity index (χ0n) is 16.5. The summed E-state index contributed by atoms with van der Waals surface area (Å²) in [4.78, 5) is 27.5. The van der Waals surface area contributed by atoms with E-state index in [1.54, 1.807) is 18.2 Å². The fourth-order valence-corrected chi connectivity index (χ4v) is 4.39. The van der Waals surface area contributed by atoms with Gasteiger partial charge in [0.05, 0.1) is 28.3 Å². The number of amides is 2. The quantitative estimate of drug-likeness (QED) is 0.692. The Morgan fingerprint density at radius 1 is 1.25 bits per heavy atom. The van der Waals surface area contributed by atoms with E-state index in [-0.39, 0.29) is 29.8 Å². The molecule has 1 fully saturated rings. The van der Waals surface area contributed by atoms with Gasteiger partial charge < -0.3 is 19.8 Å². The number of hydrogen-bond acceptors (Lipinski definition) is 6. The van der Waals surface area contributed by atoms with Gasteiger partial charge in [0.1, 0.15) is 0 Å². The number of nitrogens with zero attached hydrogens (tertiary/aromatic N) is 1. The van der Waals surface area contributed by atoms with E-state index >= 15 is 0 Å². The summed E-state index contributed by atoms with van der Waals surface area (Å²) < 4.78 is 10.8. The third-order valence-electron chi connectivity index (χ3n) is 4.54. The molecule has 0 spiro atoms. The summed E-state index contributed by atoms with van der Waals surface area (Å²) in [5.41, 5.74) is 0.841. The molecule has 7 nitrogen and oxygen atoms in total. The number of carbonyl (C=O) groups excluding carboxylic acids is 2. The van der Waals surface area contributed by atoms with Crippen molar-refractivity contribution in [1.82, 2.24) is 10.2 Å². The van der Waals surface area contributed by atoms with E-state index in [9.17, 15) is 9.59 Å². The summed E-state index contributed by atoms with van der Waals surface area (Å²) in [6.45, 7) is 9.46. The van der Waals surface area contributed by atoms with Gasteiger partial charge in [-0.3, -0.25) is 14.5 Å². The van der Waals surface area contributed by atoms with Crippen molar-refractivity contribution in [2.45, 2.75) is 39.4 Å². The lowest BCUT2D eigenvalue weighted by molar-refractivity contribution is -0.0680. The molecule has 1 aliphatic rings. The van der Waals surface area contributed by atoms with Gasteiger partial charge in [0.2, 0.25) is 0 Å². The Bertz CT molecular complexity index is 792. The van der Waals surface area contributed by atoms with Gasteiger partial charge in [0.15, 0.2) is 5.76 Å². The molecular weight excluding hydrogens is 378 g/mol. The monoisotopic (exact) mass is 405 g/mol. The van der Waals surface area contributed by atoms with Crippen molar-refractivity contribution >= 4 is 28.2 Å². The first kappa shape index (κ1) is 20.6. The van der Waals surface area contributed by atoms with Crippen LogP contribution in [-0.2, 0) is 4.74 Å². The van der Waals surface area contributed by atoms with Gasteiger partial charge in [-0.2, -0.15) is 0 Å². The fraction of sp³-hybridized carbons (Fsp3) is 0.500. The van der Waals surface area contributed by atoms with Crippen LogP contribution in [0.15, 0.2) is 28.9 Å². The number of furan rings is 1. The number of rotatable bonds is 7. The van der Waals surface area contributed by atoms with Crippen molar-refractivity contribution in [3.8, 4) is 0 Å². The van der Waals surface area contributed by atoms with E-state index in [2.05, 4.69) is 29.4 Å². The first-order valence-corrected chi connectivity index (χ1v) is 10.4. The molecule has 2 atom stereocenters. The Labute approximate surface area is 169 Å². The van der Waals surface area contributed by atoms with Crippen LogP contribution in [0.3, 0.4) is 0 Å². The molecular formula is C20H27N3O4S. The molecule has 3 heterocycles. The van der Waals surface area contributed by atoms with Gasteiger partial charge in [0.25, 0.3) is 11.8 Å². The number of ether oxygens (including phenoxy) is 1. The number of anilines is 1. The number of thiophene rings is 1. The standard InChI is InChI=1S/C20H27N3O4S/c1-13-10-17(22-19(24)16-6-4-9-26-16)28-18(13)20(25)21-7-5-8-23-11-14(2)27-15(3)12-23/h4,6,9-10,14-15H,5,7-8,11-12H2,1-3H3,(H,21,25)(H,22,24). The van der Waals surface area contributed by atoms with E-state index in [0.29, 0.717) is 16.4 Å². The zero-order valence-corrected chi connectivity index (χ0v) is 17.3. The van der Waals surface area contributed by atoms with Crippen molar-refractivity contribution in [2.75, 3.05) is 31.5 Å². The minimum Gasteiger partial charge on any atom is -0.459 e. The van der Waals surface area contributed by atoms with Crippen LogP contribution >= 0.6 is 11.3 Å². The Balaban J connectivity index is 1.45. The summed E-state index contributed by atoms with van der Waals surface area (Å²) in [7, 11) is 0.